The molecule has 1 aromatic carbocycles. The molecule has 0 amide bonds. The molecule has 0 aliphatic heterocycles. The molecule has 2 rings (SSSR count). The van der Waals surface area contributed by atoms with Crippen molar-refractivity contribution in [2.24, 2.45) is 0 Å². The van der Waals surface area contributed by atoms with Crippen LogP contribution in [0.25, 0.3) is 0 Å². The predicted octanol–water partition coefficient (Wildman–Crippen LogP) is 4.37. The molecular formula is C12H9Br2ClN2O2S. The van der Waals surface area contributed by atoms with Gasteiger partial charge in [0.25, 0.3) is 10.0 Å². The molecule has 0 spiro atoms. The maximum Gasteiger partial charge on any atom is 0.264 e. The van der Waals surface area contributed by atoms with Gasteiger partial charge in [0.05, 0.1) is 0 Å². The fourth-order valence-electron chi connectivity index (χ4n) is 1.49. The summed E-state index contributed by atoms with van der Waals surface area (Å²) in [7, 11) is -3.75. The lowest BCUT2D eigenvalue weighted by Crippen LogP contribution is -2.14. The van der Waals surface area contributed by atoms with Gasteiger partial charge in [-0.2, -0.15) is 0 Å². The largest absolute Gasteiger partial charge is 0.264 e. The molecule has 0 unspecified atom stereocenters. The van der Waals surface area contributed by atoms with E-state index in [-0.39, 0.29) is 10.7 Å². The minimum Gasteiger partial charge on any atom is -0.263 e. The van der Waals surface area contributed by atoms with E-state index < -0.39 is 10.0 Å². The van der Waals surface area contributed by atoms with Gasteiger partial charge in [0.15, 0.2) is 0 Å². The first kappa shape index (κ1) is 15.8. The summed E-state index contributed by atoms with van der Waals surface area (Å²) in [5.74, 6) is 0.168. The summed E-state index contributed by atoms with van der Waals surface area (Å²) < 4.78 is 28.3. The number of nitrogens with one attached hydrogen (secondary N) is 1. The predicted molar refractivity (Wildman–Crippen MR) is 86.6 cm³/mol. The molecule has 2 aromatic rings. The number of halogens is 3. The van der Waals surface area contributed by atoms with E-state index in [1.165, 1.54) is 18.3 Å². The van der Waals surface area contributed by atoms with Crippen LogP contribution < -0.4 is 4.72 Å². The van der Waals surface area contributed by atoms with Crippen LogP contribution in [-0.2, 0) is 10.0 Å². The topological polar surface area (TPSA) is 59.1 Å². The Labute approximate surface area is 138 Å². The van der Waals surface area contributed by atoms with Crippen LogP contribution in [0.4, 0.5) is 5.82 Å². The number of nitrogens with zero attached hydrogens (tertiary/aromatic N) is 1. The third-order valence-electron chi connectivity index (χ3n) is 2.46. The van der Waals surface area contributed by atoms with E-state index in [0.29, 0.717) is 14.0 Å². The first-order valence-corrected chi connectivity index (χ1v) is 8.84. The first-order chi connectivity index (χ1) is 9.29. The minimum atomic E-state index is -3.75. The van der Waals surface area contributed by atoms with Gasteiger partial charge in [0, 0.05) is 26.2 Å². The Kier molecular flexibility index (Phi) is 4.73. The maximum atomic E-state index is 12.4. The molecular weight excluding hydrogens is 431 g/mol. The maximum absolute atomic E-state index is 12.4. The summed E-state index contributed by atoms with van der Waals surface area (Å²) in [4.78, 5) is 4.04. The molecule has 0 atom stereocenters. The van der Waals surface area contributed by atoms with E-state index in [1.54, 1.807) is 12.1 Å². The van der Waals surface area contributed by atoms with Crippen molar-refractivity contribution in [3.63, 3.8) is 0 Å². The molecule has 20 heavy (non-hydrogen) atoms. The number of rotatable bonds is 3. The number of aryl methyl sites for hydroxylation is 1. The SMILES string of the molecule is Cc1cc(Br)c(S(=O)(=O)Nc2cc(Cl)ccn2)cc1Br. The van der Waals surface area contributed by atoms with Crippen LogP contribution in [0.2, 0.25) is 5.02 Å². The number of pyridine rings is 1. The van der Waals surface area contributed by atoms with Crippen molar-refractivity contribution in [2.45, 2.75) is 11.8 Å². The second-order valence-corrected chi connectivity index (χ2v) is 7.79. The van der Waals surface area contributed by atoms with Gasteiger partial charge in [-0.3, -0.25) is 4.72 Å². The van der Waals surface area contributed by atoms with Crippen LogP contribution in [0.15, 0.2) is 44.3 Å². The standard InChI is InChI=1S/C12H9Br2ClN2O2S/c1-7-4-10(14)11(6-9(7)13)20(18,19)17-12-5-8(15)2-3-16-12/h2-6H,1H3,(H,16,17). The second kappa shape index (κ2) is 6.01. The normalized spacial score (nSPS) is 11.4. The van der Waals surface area contributed by atoms with E-state index in [0.717, 1.165) is 5.56 Å². The van der Waals surface area contributed by atoms with E-state index in [9.17, 15) is 8.42 Å². The van der Waals surface area contributed by atoms with Crippen LogP contribution in [0.3, 0.4) is 0 Å². The fraction of sp³-hybridized carbons (Fsp3) is 0.0833. The van der Waals surface area contributed by atoms with Gasteiger partial charge in [0.2, 0.25) is 0 Å². The van der Waals surface area contributed by atoms with E-state index in [2.05, 4.69) is 41.6 Å². The summed E-state index contributed by atoms with van der Waals surface area (Å²) in [6.07, 6.45) is 1.43. The average molecular weight is 441 g/mol. The highest BCUT2D eigenvalue weighted by atomic mass is 79.9. The number of sulfonamides is 1. The summed E-state index contributed by atoms with van der Waals surface area (Å²) in [6.45, 7) is 1.87. The molecule has 4 nitrogen and oxygen atoms in total. The van der Waals surface area contributed by atoms with Crippen molar-refractivity contribution >= 4 is 59.3 Å². The van der Waals surface area contributed by atoms with Gasteiger partial charge in [-0.05, 0) is 46.6 Å². The van der Waals surface area contributed by atoms with Gasteiger partial charge in [0.1, 0.15) is 10.7 Å². The van der Waals surface area contributed by atoms with Crippen LogP contribution in [0.1, 0.15) is 5.56 Å². The molecule has 1 aromatic heterocycles. The van der Waals surface area contributed by atoms with Crippen molar-refractivity contribution in [3.8, 4) is 0 Å². The van der Waals surface area contributed by atoms with Crippen LogP contribution in [-0.4, -0.2) is 13.4 Å². The molecule has 1 heterocycles. The third-order valence-corrected chi connectivity index (χ3v) is 5.87. The number of aromatic nitrogens is 1. The zero-order valence-corrected chi connectivity index (χ0v) is 14.9. The highest BCUT2D eigenvalue weighted by Gasteiger charge is 2.19. The highest BCUT2D eigenvalue weighted by Crippen LogP contribution is 2.30. The number of hydrogen-bond donors (Lipinski definition) is 1. The molecule has 1 N–H and O–H groups in total. The molecule has 0 bridgehead atoms. The quantitative estimate of drug-likeness (QED) is 0.771. The Balaban J connectivity index is 2.43. The van der Waals surface area contributed by atoms with Crippen molar-refractivity contribution in [1.29, 1.82) is 0 Å². The monoisotopic (exact) mass is 438 g/mol. The summed E-state index contributed by atoms with van der Waals surface area (Å²) in [6, 6.07) is 6.27. The summed E-state index contributed by atoms with van der Waals surface area (Å²) in [5, 5.41) is 0.404. The molecule has 0 fully saturated rings. The zero-order chi connectivity index (χ0) is 14.9. The summed E-state index contributed by atoms with van der Waals surface area (Å²) in [5.41, 5.74) is 0.928. The fourth-order valence-corrected chi connectivity index (χ4v) is 4.32. The van der Waals surface area contributed by atoms with Crippen molar-refractivity contribution in [2.75, 3.05) is 4.72 Å². The lowest BCUT2D eigenvalue weighted by Gasteiger charge is -2.10. The van der Waals surface area contributed by atoms with E-state index in [1.807, 2.05) is 6.92 Å². The number of anilines is 1. The smallest absolute Gasteiger partial charge is 0.263 e. The Bertz CT molecular complexity index is 766. The Morgan fingerprint density at radius 2 is 1.90 bits per heavy atom. The van der Waals surface area contributed by atoms with Gasteiger partial charge < -0.3 is 0 Å². The molecule has 0 saturated carbocycles. The van der Waals surface area contributed by atoms with Gasteiger partial charge in [-0.25, -0.2) is 13.4 Å². The van der Waals surface area contributed by atoms with Crippen molar-refractivity contribution < 1.29 is 8.42 Å². The zero-order valence-electron chi connectivity index (χ0n) is 10.2. The molecule has 0 saturated heterocycles. The van der Waals surface area contributed by atoms with Crippen molar-refractivity contribution in [1.82, 2.24) is 4.98 Å². The van der Waals surface area contributed by atoms with E-state index >= 15 is 0 Å². The Morgan fingerprint density at radius 1 is 1.20 bits per heavy atom. The van der Waals surface area contributed by atoms with E-state index in [4.69, 9.17) is 11.6 Å². The Hall–Kier alpha value is -0.630. The molecule has 0 aliphatic carbocycles. The van der Waals surface area contributed by atoms with Crippen molar-refractivity contribution in [3.05, 3.63) is 50.0 Å². The molecule has 8 heteroatoms. The highest BCUT2D eigenvalue weighted by molar-refractivity contribution is 9.11. The number of benzene rings is 1. The van der Waals surface area contributed by atoms with Gasteiger partial charge in [-0.15, -0.1) is 0 Å². The Morgan fingerprint density at radius 3 is 2.55 bits per heavy atom. The molecule has 0 aliphatic rings. The average Bonchev–Trinajstić information content (AvgIpc) is 2.33. The van der Waals surface area contributed by atoms with Crippen LogP contribution in [0, 0.1) is 6.92 Å². The van der Waals surface area contributed by atoms with Gasteiger partial charge in [-0.1, -0.05) is 27.5 Å². The lowest BCUT2D eigenvalue weighted by atomic mass is 10.2. The minimum absolute atomic E-state index is 0.122. The first-order valence-electron chi connectivity index (χ1n) is 5.39. The summed E-state index contributed by atoms with van der Waals surface area (Å²) >= 11 is 12.4. The van der Waals surface area contributed by atoms with Crippen LogP contribution in [0.5, 0.6) is 0 Å². The lowest BCUT2D eigenvalue weighted by molar-refractivity contribution is 0.600. The third kappa shape index (κ3) is 3.52. The molecule has 106 valence electrons. The van der Waals surface area contributed by atoms with Crippen LogP contribution >= 0.6 is 43.5 Å². The molecule has 0 radical (unpaired) electrons. The second-order valence-electron chi connectivity index (χ2n) is 4.00. The van der Waals surface area contributed by atoms with Gasteiger partial charge >= 0.3 is 0 Å². The number of hydrogen-bond acceptors (Lipinski definition) is 3.